The van der Waals surface area contributed by atoms with Gasteiger partial charge >= 0.3 is 0 Å². The molecule has 2 aromatic rings. The van der Waals surface area contributed by atoms with Crippen LogP contribution >= 0.6 is 0 Å². The molecule has 0 fully saturated rings. The molecule has 0 amide bonds. The number of fused-ring (bicyclic) bond motifs is 1. The zero-order valence-electron chi connectivity index (χ0n) is 11.9. The Morgan fingerprint density at radius 1 is 1.26 bits per heavy atom. The first-order chi connectivity index (χ1) is 9.17. The molecule has 3 heteroatoms. The van der Waals surface area contributed by atoms with Gasteiger partial charge in [-0.05, 0) is 32.4 Å². The van der Waals surface area contributed by atoms with Crippen molar-refractivity contribution in [1.29, 1.82) is 0 Å². The van der Waals surface area contributed by atoms with Crippen LogP contribution in [0.15, 0.2) is 18.2 Å². The van der Waals surface area contributed by atoms with Gasteiger partial charge in [0.15, 0.2) is 0 Å². The molecular formula is C16H21NO2. The number of aromatic nitrogens is 1. The normalized spacial score (nSPS) is 10.9. The Hall–Kier alpha value is -1.61. The maximum absolute atomic E-state index is 9.41. The summed E-state index contributed by atoms with van der Waals surface area (Å²) in [5.41, 5.74) is 3.71. The Kier molecular flexibility index (Phi) is 4.38. The molecular weight excluding hydrogens is 238 g/mol. The molecule has 1 aromatic carbocycles. The van der Waals surface area contributed by atoms with Gasteiger partial charge < -0.3 is 9.84 Å². The lowest BCUT2D eigenvalue weighted by molar-refractivity contribution is 0.273. The SMILES string of the molecule is CCCCOc1c(C)c(CO)nc2ccc(C)cc12. The molecule has 1 aromatic heterocycles. The molecule has 0 radical (unpaired) electrons. The molecule has 19 heavy (non-hydrogen) atoms. The van der Waals surface area contributed by atoms with E-state index in [2.05, 4.69) is 24.9 Å². The number of ether oxygens (including phenoxy) is 1. The van der Waals surface area contributed by atoms with E-state index in [-0.39, 0.29) is 6.61 Å². The summed E-state index contributed by atoms with van der Waals surface area (Å²) in [5.74, 6) is 0.867. The van der Waals surface area contributed by atoms with Crippen molar-refractivity contribution in [1.82, 2.24) is 4.98 Å². The predicted octanol–water partition coefficient (Wildman–Crippen LogP) is 3.52. The number of rotatable bonds is 5. The summed E-state index contributed by atoms with van der Waals surface area (Å²) >= 11 is 0. The highest BCUT2D eigenvalue weighted by atomic mass is 16.5. The Morgan fingerprint density at radius 2 is 2.05 bits per heavy atom. The van der Waals surface area contributed by atoms with Gasteiger partial charge in [0, 0.05) is 10.9 Å². The predicted molar refractivity (Wildman–Crippen MR) is 77.5 cm³/mol. The fourth-order valence-electron chi connectivity index (χ4n) is 2.15. The summed E-state index contributed by atoms with van der Waals surface area (Å²) in [6.07, 6.45) is 2.14. The molecule has 0 aliphatic rings. The summed E-state index contributed by atoms with van der Waals surface area (Å²) in [6, 6.07) is 6.11. The third kappa shape index (κ3) is 2.87. The lowest BCUT2D eigenvalue weighted by Gasteiger charge is -2.15. The van der Waals surface area contributed by atoms with E-state index < -0.39 is 0 Å². The van der Waals surface area contributed by atoms with Crippen LogP contribution in [0.4, 0.5) is 0 Å². The molecule has 0 spiro atoms. The van der Waals surface area contributed by atoms with Gasteiger partial charge in [0.25, 0.3) is 0 Å². The first-order valence-electron chi connectivity index (χ1n) is 6.80. The largest absolute Gasteiger partial charge is 0.493 e. The second-order valence-corrected chi connectivity index (χ2v) is 4.89. The third-order valence-corrected chi connectivity index (χ3v) is 3.32. The number of benzene rings is 1. The minimum absolute atomic E-state index is 0.0558. The molecule has 0 bridgehead atoms. The molecule has 0 saturated heterocycles. The van der Waals surface area contributed by atoms with E-state index in [1.165, 1.54) is 5.56 Å². The topological polar surface area (TPSA) is 42.4 Å². The van der Waals surface area contributed by atoms with Crippen molar-refractivity contribution in [2.45, 2.75) is 40.2 Å². The number of aliphatic hydroxyl groups excluding tert-OH is 1. The average molecular weight is 259 g/mol. The fraction of sp³-hybridized carbons (Fsp3) is 0.438. The van der Waals surface area contributed by atoms with Gasteiger partial charge in [-0.15, -0.1) is 0 Å². The average Bonchev–Trinajstić information content (AvgIpc) is 2.41. The smallest absolute Gasteiger partial charge is 0.133 e. The Bertz CT molecular complexity index is 578. The molecule has 0 atom stereocenters. The Morgan fingerprint density at radius 3 is 2.74 bits per heavy atom. The van der Waals surface area contributed by atoms with Crippen molar-refractivity contribution in [3.8, 4) is 5.75 Å². The molecule has 2 rings (SSSR count). The number of unbranched alkanes of at least 4 members (excludes halogenated alkanes) is 1. The van der Waals surface area contributed by atoms with Crippen LogP contribution in [0.2, 0.25) is 0 Å². The molecule has 3 nitrogen and oxygen atoms in total. The van der Waals surface area contributed by atoms with Crippen LogP contribution < -0.4 is 4.74 Å². The molecule has 1 N–H and O–H groups in total. The summed E-state index contributed by atoms with van der Waals surface area (Å²) < 4.78 is 5.94. The summed E-state index contributed by atoms with van der Waals surface area (Å²) in [7, 11) is 0. The van der Waals surface area contributed by atoms with E-state index >= 15 is 0 Å². The minimum atomic E-state index is -0.0558. The first kappa shape index (κ1) is 13.8. The van der Waals surface area contributed by atoms with E-state index in [1.54, 1.807) is 0 Å². The fourth-order valence-corrected chi connectivity index (χ4v) is 2.15. The minimum Gasteiger partial charge on any atom is -0.493 e. The van der Waals surface area contributed by atoms with E-state index in [0.717, 1.165) is 35.1 Å². The van der Waals surface area contributed by atoms with Crippen molar-refractivity contribution in [3.63, 3.8) is 0 Å². The van der Waals surface area contributed by atoms with E-state index in [9.17, 15) is 5.11 Å². The van der Waals surface area contributed by atoms with Gasteiger partial charge in [-0.2, -0.15) is 0 Å². The number of aliphatic hydroxyl groups is 1. The van der Waals surface area contributed by atoms with Crippen LogP contribution in [0.5, 0.6) is 5.75 Å². The van der Waals surface area contributed by atoms with Gasteiger partial charge in [0.1, 0.15) is 5.75 Å². The zero-order chi connectivity index (χ0) is 13.8. The van der Waals surface area contributed by atoms with Crippen LogP contribution in [0.1, 0.15) is 36.6 Å². The molecule has 0 unspecified atom stereocenters. The van der Waals surface area contributed by atoms with Crippen LogP contribution in [0.3, 0.4) is 0 Å². The Balaban J connectivity index is 2.54. The van der Waals surface area contributed by atoms with Crippen LogP contribution in [-0.2, 0) is 6.61 Å². The van der Waals surface area contributed by atoms with Crippen molar-refractivity contribution in [2.24, 2.45) is 0 Å². The second-order valence-electron chi connectivity index (χ2n) is 4.89. The number of aryl methyl sites for hydroxylation is 1. The van der Waals surface area contributed by atoms with Crippen molar-refractivity contribution in [2.75, 3.05) is 6.61 Å². The van der Waals surface area contributed by atoms with Crippen LogP contribution in [-0.4, -0.2) is 16.7 Å². The maximum atomic E-state index is 9.41. The number of pyridine rings is 1. The molecule has 102 valence electrons. The quantitative estimate of drug-likeness (QED) is 0.835. The van der Waals surface area contributed by atoms with E-state index in [4.69, 9.17) is 4.74 Å². The molecule has 0 aliphatic heterocycles. The van der Waals surface area contributed by atoms with Gasteiger partial charge in [0.05, 0.1) is 24.4 Å². The van der Waals surface area contributed by atoms with Crippen LogP contribution in [0.25, 0.3) is 10.9 Å². The van der Waals surface area contributed by atoms with Gasteiger partial charge in [-0.3, -0.25) is 0 Å². The van der Waals surface area contributed by atoms with E-state index in [1.807, 2.05) is 19.1 Å². The highest BCUT2D eigenvalue weighted by Crippen LogP contribution is 2.31. The van der Waals surface area contributed by atoms with E-state index in [0.29, 0.717) is 12.3 Å². The zero-order valence-corrected chi connectivity index (χ0v) is 11.9. The van der Waals surface area contributed by atoms with Crippen LogP contribution in [0, 0.1) is 13.8 Å². The van der Waals surface area contributed by atoms with Crippen molar-refractivity contribution in [3.05, 3.63) is 35.0 Å². The number of hydrogen-bond donors (Lipinski definition) is 1. The molecule has 1 heterocycles. The standard InChI is InChI=1S/C16H21NO2/c1-4-5-8-19-16-12(3)15(10-18)17-14-7-6-11(2)9-13(14)16/h6-7,9,18H,4-5,8,10H2,1-3H3. The van der Waals surface area contributed by atoms with Crippen molar-refractivity contribution >= 4 is 10.9 Å². The van der Waals surface area contributed by atoms with Gasteiger partial charge in [-0.25, -0.2) is 4.98 Å². The van der Waals surface area contributed by atoms with Gasteiger partial charge in [-0.1, -0.05) is 25.0 Å². The highest BCUT2D eigenvalue weighted by molar-refractivity contribution is 5.87. The molecule has 0 aliphatic carbocycles. The summed E-state index contributed by atoms with van der Waals surface area (Å²) in [4.78, 5) is 4.49. The second kappa shape index (κ2) is 6.02. The first-order valence-corrected chi connectivity index (χ1v) is 6.80. The lowest BCUT2D eigenvalue weighted by atomic mass is 10.1. The van der Waals surface area contributed by atoms with Gasteiger partial charge in [0.2, 0.25) is 0 Å². The lowest BCUT2D eigenvalue weighted by Crippen LogP contribution is -2.03. The Labute approximate surface area is 114 Å². The summed E-state index contributed by atoms with van der Waals surface area (Å²) in [6.45, 7) is 6.81. The molecule has 0 saturated carbocycles. The highest BCUT2D eigenvalue weighted by Gasteiger charge is 2.12. The maximum Gasteiger partial charge on any atom is 0.133 e. The summed E-state index contributed by atoms with van der Waals surface area (Å²) in [5, 5.41) is 10.4. The number of hydrogen-bond acceptors (Lipinski definition) is 3. The third-order valence-electron chi connectivity index (χ3n) is 3.32. The van der Waals surface area contributed by atoms with Crippen molar-refractivity contribution < 1.29 is 9.84 Å². The monoisotopic (exact) mass is 259 g/mol. The number of nitrogens with zero attached hydrogens (tertiary/aromatic N) is 1.